The van der Waals surface area contributed by atoms with Gasteiger partial charge in [0.2, 0.25) is 0 Å². The standard InChI is InChI=1S/C12H16N6O.ClH/c1-17-6-5-14-11(17)10-8-13-4-7-18(10)12(19)9-2-3-15-16-9;/h2-3,5-6,10,13H,4,7-8H2,1H3,(H,15,16);1H. The first-order valence-corrected chi connectivity index (χ1v) is 6.25. The average Bonchev–Trinajstić information content (AvgIpc) is 3.09. The molecule has 3 rings (SSSR count). The van der Waals surface area contributed by atoms with Crippen molar-refractivity contribution in [1.82, 2.24) is 30.0 Å². The Bertz CT molecular complexity index is 566. The van der Waals surface area contributed by atoms with E-state index in [1.54, 1.807) is 18.5 Å². The lowest BCUT2D eigenvalue weighted by molar-refractivity contribution is 0.0614. The van der Waals surface area contributed by atoms with Crippen LogP contribution >= 0.6 is 12.4 Å². The third-order valence-corrected chi connectivity index (χ3v) is 3.39. The number of aryl methyl sites for hydroxylation is 1. The Morgan fingerprint density at radius 3 is 2.95 bits per heavy atom. The predicted molar refractivity (Wildman–Crippen MR) is 75.7 cm³/mol. The first-order valence-electron chi connectivity index (χ1n) is 6.25. The molecular formula is C12H17ClN6O. The SMILES string of the molecule is Cl.Cn1ccnc1C1CNCCN1C(=O)c1ccn[nH]1. The number of hydrogen-bond donors (Lipinski definition) is 2. The zero-order valence-electron chi connectivity index (χ0n) is 11.1. The molecule has 1 atom stereocenters. The topological polar surface area (TPSA) is 78.8 Å². The van der Waals surface area contributed by atoms with Crippen molar-refractivity contribution in [2.75, 3.05) is 19.6 Å². The summed E-state index contributed by atoms with van der Waals surface area (Å²) in [7, 11) is 1.94. The molecular weight excluding hydrogens is 280 g/mol. The summed E-state index contributed by atoms with van der Waals surface area (Å²) in [6.07, 6.45) is 5.23. The molecule has 0 radical (unpaired) electrons. The molecule has 1 fully saturated rings. The number of nitrogens with zero attached hydrogens (tertiary/aromatic N) is 4. The fourth-order valence-corrected chi connectivity index (χ4v) is 2.41. The summed E-state index contributed by atoms with van der Waals surface area (Å²) in [6, 6.07) is 1.64. The summed E-state index contributed by atoms with van der Waals surface area (Å²) in [4.78, 5) is 18.7. The number of imidazole rings is 1. The summed E-state index contributed by atoms with van der Waals surface area (Å²) in [5.41, 5.74) is 0.515. The van der Waals surface area contributed by atoms with Gasteiger partial charge in [-0.05, 0) is 6.07 Å². The molecule has 7 nitrogen and oxygen atoms in total. The summed E-state index contributed by atoms with van der Waals surface area (Å²) >= 11 is 0. The third-order valence-electron chi connectivity index (χ3n) is 3.39. The second kappa shape index (κ2) is 6.06. The van der Waals surface area contributed by atoms with E-state index >= 15 is 0 Å². The minimum Gasteiger partial charge on any atom is -0.336 e. The van der Waals surface area contributed by atoms with E-state index in [2.05, 4.69) is 20.5 Å². The molecule has 1 amide bonds. The third kappa shape index (κ3) is 2.54. The van der Waals surface area contributed by atoms with Gasteiger partial charge >= 0.3 is 0 Å². The van der Waals surface area contributed by atoms with Gasteiger partial charge in [-0.15, -0.1) is 12.4 Å². The fraction of sp³-hybridized carbons (Fsp3) is 0.417. The van der Waals surface area contributed by atoms with Gasteiger partial charge in [0.15, 0.2) is 0 Å². The maximum Gasteiger partial charge on any atom is 0.272 e. The lowest BCUT2D eigenvalue weighted by Crippen LogP contribution is -2.49. The molecule has 108 valence electrons. The van der Waals surface area contributed by atoms with Crippen LogP contribution in [0.1, 0.15) is 22.4 Å². The van der Waals surface area contributed by atoms with Crippen molar-refractivity contribution in [3.8, 4) is 0 Å². The number of rotatable bonds is 2. The van der Waals surface area contributed by atoms with Crippen molar-refractivity contribution >= 4 is 18.3 Å². The number of piperazine rings is 1. The Kier molecular flexibility index (Phi) is 4.41. The quantitative estimate of drug-likeness (QED) is 0.838. The number of halogens is 1. The fourth-order valence-electron chi connectivity index (χ4n) is 2.41. The van der Waals surface area contributed by atoms with Crippen LogP contribution < -0.4 is 5.32 Å². The van der Waals surface area contributed by atoms with Crippen LogP contribution in [0.25, 0.3) is 0 Å². The van der Waals surface area contributed by atoms with Crippen molar-refractivity contribution in [2.24, 2.45) is 7.05 Å². The number of amides is 1. The Morgan fingerprint density at radius 1 is 1.45 bits per heavy atom. The van der Waals surface area contributed by atoms with Gasteiger partial charge in [-0.1, -0.05) is 0 Å². The van der Waals surface area contributed by atoms with Gasteiger partial charge in [0.05, 0.1) is 0 Å². The molecule has 0 bridgehead atoms. The molecule has 2 N–H and O–H groups in total. The Morgan fingerprint density at radius 2 is 2.30 bits per heavy atom. The largest absolute Gasteiger partial charge is 0.336 e. The van der Waals surface area contributed by atoms with Gasteiger partial charge in [0.25, 0.3) is 5.91 Å². The second-order valence-electron chi connectivity index (χ2n) is 4.59. The first kappa shape index (κ1) is 14.5. The van der Waals surface area contributed by atoms with Crippen LogP contribution in [-0.4, -0.2) is 50.2 Å². The van der Waals surface area contributed by atoms with Gasteiger partial charge in [-0.25, -0.2) is 4.98 Å². The minimum absolute atomic E-state index is 0. The number of nitrogens with one attached hydrogen (secondary N) is 2. The van der Waals surface area contributed by atoms with E-state index in [4.69, 9.17) is 0 Å². The summed E-state index contributed by atoms with van der Waals surface area (Å²) in [5.74, 6) is 0.854. The number of carbonyl (C=O) groups excluding carboxylic acids is 1. The highest BCUT2D eigenvalue weighted by atomic mass is 35.5. The monoisotopic (exact) mass is 296 g/mol. The van der Waals surface area contributed by atoms with Crippen LogP contribution in [0.15, 0.2) is 24.7 Å². The van der Waals surface area contributed by atoms with Gasteiger partial charge in [-0.2, -0.15) is 5.10 Å². The van der Waals surface area contributed by atoms with Gasteiger partial charge in [0.1, 0.15) is 17.6 Å². The van der Waals surface area contributed by atoms with Crippen molar-refractivity contribution < 1.29 is 4.79 Å². The zero-order valence-corrected chi connectivity index (χ0v) is 11.9. The van der Waals surface area contributed by atoms with E-state index in [1.165, 1.54) is 0 Å². The summed E-state index contributed by atoms with van der Waals surface area (Å²) in [5, 5.41) is 9.87. The highest BCUT2D eigenvalue weighted by Gasteiger charge is 2.31. The molecule has 0 spiro atoms. The molecule has 0 aliphatic carbocycles. The average molecular weight is 297 g/mol. The lowest BCUT2D eigenvalue weighted by atomic mass is 10.1. The van der Waals surface area contributed by atoms with Crippen molar-refractivity contribution in [3.63, 3.8) is 0 Å². The molecule has 1 unspecified atom stereocenters. The van der Waals surface area contributed by atoms with Crippen molar-refractivity contribution in [1.29, 1.82) is 0 Å². The van der Waals surface area contributed by atoms with E-state index in [0.717, 1.165) is 12.4 Å². The molecule has 2 aromatic rings. The summed E-state index contributed by atoms with van der Waals surface area (Å²) < 4.78 is 1.95. The number of carbonyl (C=O) groups is 1. The lowest BCUT2D eigenvalue weighted by Gasteiger charge is -2.35. The van der Waals surface area contributed by atoms with Crippen LogP contribution in [0, 0.1) is 0 Å². The molecule has 8 heteroatoms. The molecule has 1 saturated heterocycles. The maximum absolute atomic E-state index is 12.5. The Labute approximate surface area is 122 Å². The van der Waals surface area contributed by atoms with E-state index < -0.39 is 0 Å². The van der Waals surface area contributed by atoms with Crippen LogP contribution in [0.5, 0.6) is 0 Å². The van der Waals surface area contributed by atoms with Crippen LogP contribution in [0.3, 0.4) is 0 Å². The molecule has 3 heterocycles. The molecule has 2 aromatic heterocycles. The molecule has 0 saturated carbocycles. The Balaban J connectivity index is 0.00000147. The van der Waals surface area contributed by atoms with E-state index in [1.807, 2.05) is 22.7 Å². The van der Waals surface area contributed by atoms with E-state index in [0.29, 0.717) is 18.8 Å². The molecule has 20 heavy (non-hydrogen) atoms. The first-order chi connectivity index (χ1) is 9.27. The number of aromatic amines is 1. The predicted octanol–water partition coefficient (Wildman–Crippen LogP) is 0.352. The number of hydrogen-bond acceptors (Lipinski definition) is 4. The van der Waals surface area contributed by atoms with Gasteiger partial charge in [-0.3, -0.25) is 9.89 Å². The smallest absolute Gasteiger partial charge is 0.272 e. The number of H-pyrrole nitrogens is 1. The number of aromatic nitrogens is 4. The normalized spacial score (nSPS) is 18.6. The van der Waals surface area contributed by atoms with Crippen LogP contribution in [-0.2, 0) is 7.05 Å². The highest BCUT2D eigenvalue weighted by molar-refractivity contribution is 5.92. The highest BCUT2D eigenvalue weighted by Crippen LogP contribution is 2.21. The van der Waals surface area contributed by atoms with Crippen LogP contribution in [0.2, 0.25) is 0 Å². The Hall–Kier alpha value is -1.86. The van der Waals surface area contributed by atoms with Crippen LogP contribution in [0.4, 0.5) is 0 Å². The second-order valence-corrected chi connectivity index (χ2v) is 4.59. The minimum atomic E-state index is -0.0513. The van der Waals surface area contributed by atoms with E-state index in [-0.39, 0.29) is 24.4 Å². The maximum atomic E-state index is 12.5. The summed E-state index contributed by atoms with van der Waals surface area (Å²) in [6.45, 7) is 2.17. The molecule has 0 aromatic carbocycles. The molecule has 1 aliphatic rings. The molecule has 1 aliphatic heterocycles. The van der Waals surface area contributed by atoms with Crippen molar-refractivity contribution in [3.05, 3.63) is 36.2 Å². The van der Waals surface area contributed by atoms with Gasteiger partial charge in [0, 0.05) is 45.3 Å². The zero-order chi connectivity index (χ0) is 13.2. The van der Waals surface area contributed by atoms with E-state index in [9.17, 15) is 4.79 Å². The van der Waals surface area contributed by atoms with Crippen molar-refractivity contribution in [2.45, 2.75) is 6.04 Å². The van der Waals surface area contributed by atoms with Gasteiger partial charge < -0.3 is 14.8 Å².